The average Bonchev–Trinajstić information content (AvgIpc) is 3.47. The van der Waals surface area contributed by atoms with E-state index in [1.165, 1.54) is 53.4 Å². The molecule has 1 heterocycles. The number of carbonyl (C=O) groups excluding carboxylic acids is 3. The van der Waals surface area contributed by atoms with Crippen molar-refractivity contribution in [1.82, 2.24) is 4.90 Å². The Morgan fingerprint density at radius 3 is 2.15 bits per heavy atom. The number of nitro groups is 1. The minimum atomic E-state index is -0.881. The van der Waals surface area contributed by atoms with E-state index in [4.69, 9.17) is 0 Å². The molecule has 5 rings (SSSR count). The summed E-state index contributed by atoms with van der Waals surface area (Å²) in [6.07, 6.45) is 4.56. The molecule has 9 heteroatoms. The van der Waals surface area contributed by atoms with Gasteiger partial charge in [-0.2, -0.15) is 0 Å². The maximum absolute atomic E-state index is 13.5. The number of halogens is 1. The van der Waals surface area contributed by atoms with Gasteiger partial charge in [0.25, 0.3) is 5.69 Å². The fraction of sp³-hybridized carbons (Fsp3) is 0.292. The molecule has 1 N–H and O–H groups in total. The zero-order valence-corrected chi connectivity index (χ0v) is 17.4. The van der Waals surface area contributed by atoms with Crippen LogP contribution in [-0.4, -0.2) is 27.5 Å². The molecule has 1 aliphatic heterocycles. The standard InChI is InChI=1S/C24H20FN3O5/c25-16-5-3-13(4-6-16)19(12-20(29)26-17-7-9-18(10-8-17)28(32)33)27-23(30)21-14-1-2-15(11-14)22(21)24(27)31/h1-10,14-15,19,21-22H,11-12H2,(H,26,29). The predicted molar refractivity (Wildman–Crippen MR) is 115 cm³/mol. The van der Waals surface area contributed by atoms with E-state index in [0.717, 1.165) is 6.42 Å². The Bertz CT molecular complexity index is 1150. The van der Waals surface area contributed by atoms with E-state index in [0.29, 0.717) is 11.3 Å². The first-order chi connectivity index (χ1) is 15.8. The van der Waals surface area contributed by atoms with E-state index >= 15 is 0 Å². The molecule has 3 amide bonds. The number of anilines is 1. The minimum Gasteiger partial charge on any atom is -0.326 e. The summed E-state index contributed by atoms with van der Waals surface area (Å²) in [5.74, 6) is -2.28. The van der Waals surface area contributed by atoms with Crippen LogP contribution in [0, 0.1) is 39.6 Å². The van der Waals surface area contributed by atoms with Crippen molar-refractivity contribution in [1.29, 1.82) is 0 Å². The van der Waals surface area contributed by atoms with Gasteiger partial charge in [0, 0.05) is 17.8 Å². The van der Waals surface area contributed by atoms with Crippen LogP contribution in [-0.2, 0) is 14.4 Å². The Kier molecular flexibility index (Phi) is 5.03. The van der Waals surface area contributed by atoms with Crippen molar-refractivity contribution < 1.29 is 23.7 Å². The molecule has 5 unspecified atom stereocenters. The van der Waals surface area contributed by atoms with Crippen LogP contribution in [0.15, 0.2) is 60.7 Å². The monoisotopic (exact) mass is 449 g/mol. The molecule has 2 aromatic rings. The summed E-state index contributed by atoms with van der Waals surface area (Å²) >= 11 is 0. The van der Waals surface area contributed by atoms with Gasteiger partial charge >= 0.3 is 0 Å². The van der Waals surface area contributed by atoms with Crippen molar-refractivity contribution in [3.05, 3.63) is 82.2 Å². The molecular weight excluding hydrogens is 429 g/mol. The van der Waals surface area contributed by atoms with Crippen molar-refractivity contribution in [3.63, 3.8) is 0 Å². The molecule has 1 saturated carbocycles. The highest BCUT2D eigenvalue weighted by Gasteiger charge is 2.60. The molecule has 2 bridgehead atoms. The van der Waals surface area contributed by atoms with Crippen LogP contribution < -0.4 is 5.32 Å². The highest BCUT2D eigenvalue weighted by Crippen LogP contribution is 2.54. The zero-order valence-electron chi connectivity index (χ0n) is 17.4. The zero-order chi connectivity index (χ0) is 23.3. The second kappa shape index (κ2) is 7.91. The van der Waals surface area contributed by atoms with Crippen LogP contribution >= 0.6 is 0 Å². The van der Waals surface area contributed by atoms with Gasteiger partial charge < -0.3 is 5.32 Å². The molecular formula is C24H20FN3O5. The molecule has 0 aromatic heterocycles. The Hall–Kier alpha value is -3.88. The largest absolute Gasteiger partial charge is 0.326 e. The number of rotatable bonds is 6. The van der Waals surface area contributed by atoms with Gasteiger partial charge in [0.2, 0.25) is 17.7 Å². The Morgan fingerprint density at radius 1 is 1.03 bits per heavy atom. The van der Waals surface area contributed by atoms with Gasteiger partial charge in [0.15, 0.2) is 0 Å². The molecule has 2 fully saturated rings. The van der Waals surface area contributed by atoms with Crippen molar-refractivity contribution >= 4 is 29.1 Å². The first-order valence-corrected chi connectivity index (χ1v) is 10.7. The Balaban J connectivity index is 1.40. The maximum atomic E-state index is 13.5. The minimum absolute atomic E-state index is 0.0317. The molecule has 2 aromatic carbocycles. The Labute approximate surface area is 188 Å². The van der Waals surface area contributed by atoms with Gasteiger partial charge in [0.05, 0.1) is 29.2 Å². The lowest BCUT2D eigenvalue weighted by Crippen LogP contribution is -2.38. The van der Waals surface area contributed by atoms with Crippen LogP contribution in [0.25, 0.3) is 0 Å². The maximum Gasteiger partial charge on any atom is 0.269 e. The summed E-state index contributed by atoms with van der Waals surface area (Å²) in [6.45, 7) is 0. The van der Waals surface area contributed by atoms with E-state index < -0.39 is 34.5 Å². The number of allylic oxidation sites excluding steroid dienone is 2. The molecule has 8 nitrogen and oxygen atoms in total. The lowest BCUT2D eigenvalue weighted by Gasteiger charge is -2.28. The van der Waals surface area contributed by atoms with Crippen molar-refractivity contribution in [2.75, 3.05) is 5.32 Å². The quantitative estimate of drug-likeness (QED) is 0.314. The third kappa shape index (κ3) is 3.59. The number of nitrogens with zero attached hydrogens (tertiary/aromatic N) is 2. The van der Waals surface area contributed by atoms with Gasteiger partial charge in [0.1, 0.15) is 5.82 Å². The highest BCUT2D eigenvalue weighted by molar-refractivity contribution is 6.07. The topological polar surface area (TPSA) is 110 Å². The number of hydrogen-bond acceptors (Lipinski definition) is 5. The van der Waals surface area contributed by atoms with Crippen molar-refractivity contribution in [2.24, 2.45) is 23.7 Å². The second-order valence-corrected chi connectivity index (χ2v) is 8.67. The number of likely N-dealkylation sites (tertiary alicyclic amines) is 1. The molecule has 5 atom stereocenters. The number of hydrogen-bond donors (Lipinski definition) is 1. The number of nitro benzene ring substituents is 1. The number of fused-ring (bicyclic) bond motifs is 5. The first kappa shape index (κ1) is 21.0. The average molecular weight is 449 g/mol. The van der Waals surface area contributed by atoms with Gasteiger partial charge in [-0.1, -0.05) is 24.3 Å². The first-order valence-electron chi connectivity index (χ1n) is 10.7. The summed E-state index contributed by atoms with van der Waals surface area (Å²) in [5.41, 5.74) is 0.721. The van der Waals surface area contributed by atoms with Crippen LogP contribution in [0.1, 0.15) is 24.4 Å². The van der Waals surface area contributed by atoms with Crippen molar-refractivity contribution in [3.8, 4) is 0 Å². The Morgan fingerprint density at radius 2 is 1.61 bits per heavy atom. The molecule has 33 heavy (non-hydrogen) atoms. The number of amides is 3. The highest BCUT2D eigenvalue weighted by atomic mass is 19.1. The second-order valence-electron chi connectivity index (χ2n) is 8.67. The number of benzene rings is 2. The smallest absolute Gasteiger partial charge is 0.269 e. The third-order valence-electron chi connectivity index (χ3n) is 6.81. The number of non-ortho nitro benzene ring substituents is 1. The van der Waals surface area contributed by atoms with E-state index in [2.05, 4.69) is 5.32 Å². The molecule has 168 valence electrons. The van der Waals surface area contributed by atoms with Crippen LogP contribution in [0.5, 0.6) is 0 Å². The summed E-state index contributed by atoms with van der Waals surface area (Å²) in [4.78, 5) is 50.9. The molecule has 0 spiro atoms. The fourth-order valence-electron chi connectivity index (χ4n) is 5.33. The lowest BCUT2D eigenvalue weighted by molar-refractivity contribution is -0.384. The summed E-state index contributed by atoms with van der Waals surface area (Å²) in [5, 5.41) is 13.5. The van der Waals surface area contributed by atoms with E-state index in [-0.39, 0.29) is 35.8 Å². The van der Waals surface area contributed by atoms with Crippen LogP contribution in [0.2, 0.25) is 0 Å². The van der Waals surface area contributed by atoms with Crippen LogP contribution in [0.4, 0.5) is 15.8 Å². The predicted octanol–water partition coefficient (Wildman–Crippen LogP) is 3.61. The SMILES string of the molecule is O=C(CC(c1ccc(F)cc1)N1C(=O)C2C3C=CC(C3)C2C1=O)Nc1ccc([N+](=O)[O-])cc1. The normalized spacial score (nSPS) is 25.9. The van der Waals surface area contributed by atoms with Crippen molar-refractivity contribution in [2.45, 2.75) is 18.9 Å². The van der Waals surface area contributed by atoms with Gasteiger partial charge in [-0.25, -0.2) is 4.39 Å². The third-order valence-corrected chi connectivity index (χ3v) is 6.81. The molecule has 2 aliphatic carbocycles. The number of nitrogens with one attached hydrogen (secondary N) is 1. The lowest BCUT2D eigenvalue weighted by atomic mass is 9.85. The molecule has 3 aliphatic rings. The van der Waals surface area contributed by atoms with Gasteiger partial charge in [-0.15, -0.1) is 0 Å². The summed E-state index contributed by atoms with van der Waals surface area (Å²) < 4.78 is 13.5. The fourth-order valence-corrected chi connectivity index (χ4v) is 5.33. The molecule has 0 radical (unpaired) electrons. The van der Waals surface area contributed by atoms with Gasteiger partial charge in [-0.05, 0) is 48.1 Å². The molecule has 1 saturated heterocycles. The number of imide groups is 1. The summed E-state index contributed by atoms with van der Waals surface area (Å²) in [7, 11) is 0. The summed E-state index contributed by atoms with van der Waals surface area (Å²) in [6, 6.07) is 9.87. The van der Waals surface area contributed by atoms with E-state index in [1.807, 2.05) is 12.2 Å². The van der Waals surface area contributed by atoms with Gasteiger partial charge in [-0.3, -0.25) is 29.4 Å². The van der Waals surface area contributed by atoms with Crippen LogP contribution in [0.3, 0.4) is 0 Å². The number of carbonyl (C=O) groups is 3. The van der Waals surface area contributed by atoms with E-state index in [1.54, 1.807) is 0 Å². The van der Waals surface area contributed by atoms with E-state index in [9.17, 15) is 28.9 Å².